The van der Waals surface area contributed by atoms with E-state index < -0.39 is 5.97 Å². The second-order valence-corrected chi connectivity index (χ2v) is 14.7. The quantitative estimate of drug-likeness (QED) is 0.211. The summed E-state index contributed by atoms with van der Waals surface area (Å²) in [6, 6.07) is 11.2. The van der Waals surface area contributed by atoms with E-state index in [2.05, 4.69) is 71.0 Å². The van der Waals surface area contributed by atoms with Gasteiger partial charge >= 0.3 is 5.97 Å². The van der Waals surface area contributed by atoms with Gasteiger partial charge in [-0.2, -0.15) is 5.10 Å². The average molecular weight is 658 g/mol. The van der Waals surface area contributed by atoms with Crippen molar-refractivity contribution in [3.63, 3.8) is 0 Å². The summed E-state index contributed by atoms with van der Waals surface area (Å²) in [5.41, 5.74) is 4.91. The highest BCUT2D eigenvalue weighted by atomic mass is 16.5. The molecule has 10 heteroatoms. The van der Waals surface area contributed by atoms with Crippen LogP contribution in [0.5, 0.6) is 0 Å². The van der Waals surface area contributed by atoms with Crippen LogP contribution in [0.25, 0.3) is 0 Å². The topological polar surface area (TPSA) is 117 Å². The molecule has 48 heavy (non-hydrogen) atoms. The van der Waals surface area contributed by atoms with Crippen LogP contribution in [-0.4, -0.2) is 74.6 Å². The largest absolute Gasteiger partial charge is 0.481 e. The number of rotatable bonds is 13. The molecule has 0 amide bonds. The number of piperidine rings is 1. The molecule has 10 nitrogen and oxygen atoms in total. The number of hydrogen-bond acceptors (Lipinski definition) is 8. The summed E-state index contributed by atoms with van der Waals surface area (Å²) in [5.74, 6) is 2.39. The first-order valence-electron chi connectivity index (χ1n) is 18.2. The van der Waals surface area contributed by atoms with E-state index in [1.165, 1.54) is 11.1 Å². The lowest BCUT2D eigenvalue weighted by atomic mass is 9.78. The Hall–Kier alpha value is -3.34. The van der Waals surface area contributed by atoms with Gasteiger partial charge in [0.2, 0.25) is 0 Å². The van der Waals surface area contributed by atoms with Gasteiger partial charge in [0.05, 0.1) is 30.8 Å². The number of carboxylic acids is 1. The summed E-state index contributed by atoms with van der Waals surface area (Å²) in [4.78, 5) is 24.5. The summed E-state index contributed by atoms with van der Waals surface area (Å²) in [7, 11) is 3.80. The molecule has 2 fully saturated rings. The Labute approximate surface area is 286 Å². The number of carbonyl (C=O) groups is 1. The molecule has 1 saturated carbocycles. The fraction of sp³-hybridized carbons (Fsp3) is 0.632. The first-order valence-corrected chi connectivity index (χ1v) is 18.2. The maximum atomic E-state index is 11.5. The van der Waals surface area contributed by atoms with Crippen molar-refractivity contribution in [3.8, 4) is 0 Å². The maximum absolute atomic E-state index is 11.5. The molecule has 0 unspecified atom stereocenters. The number of aliphatic carboxylic acids is 1. The Morgan fingerprint density at radius 1 is 1.10 bits per heavy atom. The molecule has 3 aromatic rings. The van der Waals surface area contributed by atoms with Crippen molar-refractivity contribution >= 4 is 11.8 Å². The second-order valence-electron chi connectivity index (χ2n) is 14.7. The minimum atomic E-state index is -0.649. The normalized spacial score (nSPS) is 26.0. The third kappa shape index (κ3) is 8.44. The smallest absolute Gasteiger partial charge is 0.306 e. The molecule has 260 valence electrons. The number of aromatic nitrogens is 4. The van der Waals surface area contributed by atoms with Gasteiger partial charge in [-0.05, 0) is 81.1 Å². The molecule has 3 N–H and O–H groups in total. The van der Waals surface area contributed by atoms with Crippen LogP contribution in [0.1, 0.15) is 99.0 Å². The number of methoxy groups -OCH3 is 1. The molecule has 0 radical (unpaired) electrons. The van der Waals surface area contributed by atoms with Crippen LogP contribution in [0, 0.1) is 17.8 Å². The van der Waals surface area contributed by atoms with Gasteiger partial charge in [-0.15, -0.1) is 0 Å². The van der Waals surface area contributed by atoms with Crippen LogP contribution in [-0.2, 0) is 36.0 Å². The highest BCUT2D eigenvalue weighted by Crippen LogP contribution is 2.37. The lowest BCUT2D eigenvalue weighted by Gasteiger charge is -2.38. The molecule has 3 heterocycles. The number of likely N-dealkylation sites (tertiary alicyclic amines) is 1. The predicted octanol–water partition coefficient (Wildman–Crippen LogP) is 5.75. The number of aryl methyl sites for hydroxylation is 2. The molecular weight excluding hydrogens is 602 g/mol. The highest BCUT2D eigenvalue weighted by molar-refractivity contribution is 5.70. The Kier molecular flexibility index (Phi) is 11.4. The first-order chi connectivity index (χ1) is 23.3. The van der Waals surface area contributed by atoms with Gasteiger partial charge < -0.3 is 20.5 Å². The Balaban J connectivity index is 1.26. The van der Waals surface area contributed by atoms with Gasteiger partial charge in [-0.3, -0.25) is 14.4 Å². The zero-order valence-electron chi connectivity index (χ0n) is 29.3. The predicted molar refractivity (Wildman–Crippen MR) is 188 cm³/mol. The summed E-state index contributed by atoms with van der Waals surface area (Å²) in [6.45, 7) is 7.92. The average Bonchev–Trinajstić information content (AvgIpc) is 3.54. The van der Waals surface area contributed by atoms with Crippen molar-refractivity contribution in [1.82, 2.24) is 30.0 Å². The monoisotopic (exact) mass is 657 g/mol. The summed E-state index contributed by atoms with van der Waals surface area (Å²) < 4.78 is 7.71. The van der Waals surface area contributed by atoms with Crippen molar-refractivity contribution in [3.05, 3.63) is 70.9 Å². The van der Waals surface area contributed by atoms with E-state index in [9.17, 15) is 9.90 Å². The minimum absolute atomic E-state index is 0.00577. The van der Waals surface area contributed by atoms with Gasteiger partial charge in [0.1, 0.15) is 11.6 Å². The molecule has 1 aromatic carbocycles. The molecule has 1 aliphatic heterocycles. The lowest BCUT2D eigenvalue weighted by Crippen LogP contribution is -2.45. The fourth-order valence-electron chi connectivity index (χ4n) is 8.50. The summed E-state index contributed by atoms with van der Waals surface area (Å²) in [5, 5.41) is 21.8. The van der Waals surface area contributed by atoms with Crippen molar-refractivity contribution in [2.75, 3.05) is 32.1 Å². The number of fused-ring (bicyclic) bond motifs is 1. The third-order valence-corrected chi connectivity index (χ3v) is 11.2. The van der Waals surface area contributed by atoms with Crippen molar-refractivity contribution < 1.29 is 14.6 Å². The Bertz CT molecular complexity index is 1490. The third-order valence-electron chi connectivity index (χ3n) is 11.2. The summed E-state index contributed by atoms with van der Waals surface area (Å²) in [6.07, 6.45) is 12.8. The van der Waals surface area contributed by atoms with Crippen molar-refractivity contribution in [2.24, 2.45) is 24.8 Å². The number of anilines is 1. The molecule has 3 aliphatic rings. The van der Waals surface area contributed by atoms with Crippen molar-refractivity contribution in [2.45, 2.75) is 102 Å². The maximum Gasteiger partial charge on any atom is 0.306 e. The zero-order valence-corrected chi connectivity index (χ0v) is 29.3. The van der Waals surface area contributed by atoms with Gasteiger partial charge in [0, 0.05) is 62.9 Å². The Morgan fingerprint density at radius 3 is 2.58 bits per heavy atom. The highest BCUT2D eigenvalue weighted by Gasteiger charge is 2.32. The van der Waals surface area contributed by atoms with Gasteiger partial charge in [-0.25, -0.2) is 9.97 Å². The number of carboxylic acid groups (broad SMARTS) is 1. The van der Waals surface area contributed by atoms with E-state index in [-0.39, 0.29) is 18.1 Å². The van der Waals surface area contributed by atoms with Crippen molar-refractivity contribution in [1.29, 1.82) is 0 Å². The van der Waals surface area contributed by atoms with Crippen LogP contribution >= 0.6 is 0 Å². The number of ether oxygens (including phenoxy) is 1. The fourth-order valence-corrected chi connectivity index (χ4v) is 8.50. The van der Waals surface area contributed by atoms with E-state index in [0.717, 1.165) is 100 Å². The van der Waals surface area contributed by atoms with E-state index in [1.807, 2.05) is 25.0 Å². The molecule has 2 aliphatic carbocycles. The van der Waals surface area contributed by atoms with E-state index in [0.29, 0.717) is 30.3 Å². The van der Waals surface area contributed by atoms with Crippen LogP contribution in [0.15, 0.2) is 42.7 Å². The molecule has 0 bridgehead atoms. The van der Waals surface area contributed by atoms with Gasteiger partial charge in [0.15, 0.2) is 0 Å². The van der Waals surface area contributed by atoms with E-state index in [1.54, 1.807) is 0 Å². The second kappa shape index (κ2) is 15.9. The van der Waals surface area contributed by atoms with Gasteiger partial charge in [-0.1, -0.05) is 44.2 Å². The molecule has 6 rings (SSSR count). The number of nitrogens with zero attached hydrogens (tertiary/aromatic N) is 5. The minimum Gasteiger partial charge on any atom is -0.481 e. The SMILES string of the molecule is CC[C@@H](NCc1nc2c(c(N[C@@H](CN3C[C@@H](C)C[C@H](OC)C3)c3cnn(C)c3)n1)C[C@H](c1ccccc1)CC2)C1CCC(C(=O)O)CC1. The molecule has 1 saturated heterocycles. The van der Waals surface area contributed by atoms with Crippen LogP contribution < -0.4 is 10.6 Å². The van der Waals surface area contributed by atoms with Gasteiger partial charge in [0.25, 0.3) is 0 Å². The van der Waals surface area contributed by atoms with E-state index in [4.69, 9.17) is 14.7 Å². The molecular formula is C38H55N7O3. The molecule has 2 aromatic heterocycles. The van der Waals surface area contributed by atoms with E-state index >= 15 is 0 Å². The summed E-state index contributed by atoms with van der Waals surface area (Å²) >= 11 is 0. The van der Waals surface area contributed by atoms with Crippen LogP contribution in [0.2, 0.25) is 0 Å². The first kappa shape index (κ1) is 34.5. The van der Waals surface area contributed by atoms with Crippen LogP contribution in [0.3, 0.4) is 0 Å². The standard InChI is InChI=1S/C38H55N7O3/c1-5-33(27-11-13-28(14-12-27)38(46)47)39-20-36-41-34-16-15-29(26-9-7-6-8-10-26)18-32(34)37(43-36)42-35(30-19-40-44(3)22-30)24-45-21-25(2)17-31(23-45)48-4/h6-10,19,22,25,27-29,31,33,35,39H,5,11-18,20-21,23-24H2,1-4H3,(H,46,47)(H,41,42,43)/t25-,27?,28?,29+,31-,33+,35-/m0/s1. The Morgan fingerprint density at radius 2 is 1.90 bits per heavy atom. The number of hydrogen-bond donors (Lipinski definition) is 3. The molecule has 0 spiro atoms. The lowest BCUT2D eigenvalue weighted by molar-refractivity contribution is -0.143. The zero-order chi connectivity index (χ0) is 33.6. The molecule has 5 atom stereocenters. The number of nitrogens with one attached hydrogen (secondary N) is 2. The van der Waals surface area contributed by atoms with Crippen LogP contribution in [0.4, 0.5) is 5.82 Å². The number of benzene rings is 1.